The molecule has 0 spiro atoms. The molecule has 0 fully saturated rings. The third-order valence-corrected chi connectivity index (χ3v) is 4.00. The second-order valence-corrected chi connectivity index (χ2v) is 5.43. The van der Waals surface area contributed by atoms with Crippen LogP contribution in [0.15, 0.2) is 0 Å². The zero-order valence-corrected chi connectivity index (χ0v) is 13.2. The normalized spacial score (nSPS) is 18.1. The summed E-state index contributed by atoms with van der Waals surface area (Å²) in [5, 5.41) is 12.2. The minimum atomic E-state index is -0.891. The number of methoxy groups -OCH3 is 1. The summed E-state index contributed by atoms with van der Waals surface area (Å²) in [4.78, 5) is 13.7. The van der Waals surface area contributed by atoms with Gasteiger partial charge in [-0.2, -0.15) is 0 Å². The second kappa shape index (κ2) is 8.51. The fourth-order valence-electron chi connectivity index (χ4n) is 2.31. The van der Waals surface area contributed by atoms with Crippen molar-refractivity contribution in [3.05, 3.63) is 0 Å². The lowest BCUT2D eigenvalue weighted by Crippen LogP contribution is -2.53. The van der Waals surface area contributed by atoms with Crippen LogP contribution in [0.5, 0.6) is 0 Å². The predicted molar refractivity (Wildman–Crippen MR) is 77.5 cm³/mol. The van der Waals surface area contributed by atoms with E-state index >= 15 is 0 Å². The molecule has 0 rings (SSSR count). The van der Waals surface area contributed by atoms with Crippen molar-refractivity contribution in [1.82, 2.24) is 10.2 Å². The number of carboxylic acid groups (broad SMARTS) is 1. The predicted octanol–water partition coefficient (Wildman–Crippen LogP) is 1.57. The van der Waals surface area contributed by atoms with Crippen LogP contribution in [0.25, 0.3) is 0 Å². The van der Waals surface area contributed by atoms with Crippen molar-refractivity contribution < 1.29 is 14.6 Å². The van der Waals surface area contributed by atoms with E-state index in [0.29, 0.717) is 19.1 Å². The number of ether oxygens (including phenoxy) is 1. The van der Waals surface area contributed by atoms with Crippen LogP contribution >= 0.6 is 0 Å². The number of hydrogen-bond donors (Lipinski definition) is 2. The average Bonchev–Trinajstić information content (AvgIpc) is 2.38. The van der Waals surface area contributed by atoms with Crippen LogP contribution < -0.4 is 5.32 Å². The Labute approximate surface area is 117 Å². The van der Waals surface area contributed by atoms with Crippen molar-refractivity contribution in [3.8, 4) is 0 Å². The number of carbonyl (C=O) groups is 1. The van der Waals surface area contributed by atoms with Crippen molar-refractivity contribution in [3.63, 3.8) is 0 Å². The highest BCUT2D eigenvalue weighted by Gasteiger charge is 2.35. The van der Waals surface area contributed by atoms with Crippen LogP contribution in [0.2, 0.25) is 0 Å². The Balaban J connectivity index is 4.78. The molecule has 0 aromatic rings. The van der Waals surface area contributed by atoms with Gasteiger partial charge in [0.2, 0.25) is 0 Å². The zero-order valence-electron chi connectivity index (χ0n) is 13.2. The first kappa shape index (κ1) is 18.4. The highest BCUT2D eigenvalue weighted by atomic mass is 16.5. The lowest BCUT2D eigenvalue weighted by atomic mass is 9.92. The number of nitrogens with one attached hydrogen (secondary N) is 1. The monoisotopic (exact) mass is 274 g/mol. The van der Waals surface area contributed by atoms with E-state index in [1.807, 2.05) is 0 Å². The molecule has 0 amide bonds. The second-order valence-electron chi connectivity index (χ2n) is 5.43. The Kier molecular flexibility index (Phi) is 8.22. The van der Waals surface area contributed by atoms with Gasteiger partial charge in [0.15, 0.2) is 0 Å². The van der Waals surface area contributed by atoms with Gasteiger partial charge in [-0.25, -0.2) is 0 Å². The third-order valence-electron chi connectivity index (χ3n) is 4.00. The Bertz CT molecular complexity index is 273. The van der Waals surface area contributed by atoms with Crippen molar-refractivity contribution >= 4 is 5.97 Å². The fourth-order valence-corrected chi connectivity index (χ4v) is 2.31. The van der Waals surface area contributed by atoms with Crippen molar-refractivity contribution in [1.29, 1.82) is 0 Å². The molecule has 3 atom stereocenters. The molecule has 0 aromatic carbocycles. The molecule has 0 aliphatic heterocycles. The summed E-state index contributed by atoms with van der Waals surface area (Å²) >= 11 is 0. The van der Waals surface area contributed by atoms with E-state index in [4.69, 9.17) is 4.74 Å². The van der Waals surface area contributed by atoms with Crippen LogP contribution in [0, 0.1) is 0 Å². The molecule has 0 saturated carbocycles. The summed E-state index contributed by atoms with van der Waals surface area (Å²) < 4.78 is 5.15. The average molecular weight is 274 g/mol. The van der Waals surface area contributed by atoms with E-state index in [-0.39, 0.29) is 6.04 Å². The lowest BCUT2D eigenvalue weighted by molar-refractivity contribution is -0.145. The Morgan fingerprint density at radius 3 is 2.37 bits per heavy atom. The van der Waals surface area contributed by atoms with Gasteiger partial charge >= 0.3 is 5.97 Å². The summed E-state index contributed by atoms with van der Waals surface area (Å²) in [7, 11) is 3.39. The number of carboxylic acids is 1. The zero-order chi connectivity index (χ0) is 15.1. The number of likely N-dealkylation sites (N-methyl/N-ethyl adjacent to an activating group) is 1. The Hall–Kier alpha value is -0.650. The van der Waals surface area contributed by atoms with Gasteiger partial charge in [0.25, 0.3) is 0 Å². The SMILES string of the molecule is CCC(C)N(CCOC)C(C)CC(C)(NC)C(=O)O. The van der Waals surface area contributed by atoms with Crippen LogP contribution in [-0.4, -0.2) is 60.9 Å². The van der Waals surface area contributed by atoms with Crippen LogP contribution in [0.1, 0.15) is 40.5 Å². The van der Waals surface area contributed by atoms with Gasteiger partial charge in [-0.3, -0.25) is 9.69 Å². The largest absolute Gasteiger partial charge is 0.480 e. The standard InChI is InChI=1S/C14H30N2O3/c1-7-11(2)16(8-9-19-6)12(3)10-14(4,15-5)13(17)18/h11-12,15H,7-10H2,1-6H3,(H,17,18). The third kappa shape index (κ3) is 5.47. The molecular weight excluding hydrogens is 244 g/mol. The van der Waals surface area contributed by atoms with Crippen molar-refractivity contribution in [2.24, 2.45) is 0 Å². The van der Waals surface area contributed by atoms with E-state index in [0.717, 1.165) is 13.0 Å². The van der Waals surface area contributed by atoms with Crippen molar-refractivity contribution in [2.75, 3.05) is 27.3 Å². The van der Waals surface area contributed by atoms with E-state index in [1.165, 1.54) is 0 Å². The molecule has 19 heavy (non-hydrogen) atoms. The van der Waals surface area contributed by atoms with Gasteiger partial charge in [-0.1, -0.05) is 6.92 Å². The quantitative estimate of drug-likeness (QED) is 0.633. The summed E-state index contributed by atoms with van der Waals surface area (Å²) in [6.07, 6.45) is 1.60. The Morgan fingerprint density at radius 2 is 2.00 bits per heavy atom. The maximum Gasteiger partial charge on any atom is 0.323 e. The smallest absolute Gasteiger partial charge is 0.323 e. The summed E-state index contributed by atoms with van der Waals surface area (Å²) in [5.41, 5.74) is -0.891. The molecule has 114 valence electrons. The Morgan fingerprint density at radius 1 is 1.42 bits per heavy atom. The summed E-state index contributed by atoms with van der Waals surface area (Å²) in [6.45, 7) is 9.62. The number of hydrogen-bond acceptors (Lipinski definition) is 4. The molecule has 5 heteroatoms. The molecule has 0 aliphatic rings. The molecule has 5 nitrogen and oxygen atoms in total. The molecule has 2 N–H and O–H groups in total. The van der Waals surface area contributed by atoms with Crippen molar-refractivity contribution in [2.45, 2.75) is 58.2 Å². The van der Waals surface area contributed by atoms with E-state index in [9.17, 15) is 9.90 Å². The van der Waals surface area contributed by atoms with Gasteiger partial charge in [0.05, 0.1) is 6.61 Å². The number of rotatable bonds is 10. The summed E-state index contributed by atoms with van der Waals surface area (Å²) in [5.74, 6) is -0.808. The molecule has 0 aromatic heterocycles. The lowest BCUT2D eigenvalue weighted by Gasteiger charge is -2.38. The highest BCUT2D eigenvalue weighted by molar-refractivity contribution is 5.78. The van der Waals surface area contributed by atoms with E-state index in [2.05, 4.69) is 31.0 Å². The van der Waals surface area contributed by atoms with Gasteiger partial charge in [0.1, 0.15) is 5.54 Å². The highest BCUT2D eigenvalue weighted by Crippen LogP contribution is 2.19. The molecule has 3 unspecified atom stereocenters. The van der Waals surface area contributed by atoms with Crippen LogP contribution in [0.3, 0.4) is 0 Å². The molecular formula is C14H30N2O3. The minimum Gasteiger partial charge on any atom is -0.480 e. The maximum atomic E-state index is 11.4. The topological polar surface area (TPSA) is 61.8 Å². The fraction of sp³-hybridized carbons (Fsp3) is 0.929. The maximum absolute atomic E-state index is 11.4. The first-order valence-corrected chi connectivity index (χ1v) is 6.99. The molecule has 0 aliphatic carbocycles. The molecule has 0 radical (unpaired) electrons. The van der Waals surface area contributed by atoms with Crippen LogP contribution in [-0.2, 0) is 9.53 Å². The van der Waals surface area contributed by atoms with E-state index in [1.54, 1.807) is 21.1 Å². The number of aliphatic carboxylic acids is 1. The van der Waals surface area contributed by atoms with Gasteiger partial charge in [0, 0.05) is 25.7 Å². The van der Waals surface area contributed by atoms with Gasteiger partial charge < -0.3 is 15.2 Å². The molecule has 0 heterocycles. The van der Waals surface area contributed by atoms with Gasteiger partial charge in [-0.15, -0.1) is 0 Å². The number of nitrogens with zero attached hydrogens (tertiary/aromatic N) is 1. The van der Waals surface area contributed by atoms with Crippen LogP contribution in [0.4, 0.5) is 0 Å². The summed E-state index contributed by atoms with van der Waals surface area (Å²) in [6, 6.07) is 0.596. The first-order chi connectivity index (χ1) is 8.82. The molecule has 0 bridgehead atoms. The molecule has 0 saturated heterocycles. The van der Waals surface area contributed by atoms with E-state index < -0.39 is 11.5 Å². The minimum absolute atomic E-state index is 0.179. The first-order valence-electron chi connectivity index (χ1n) is 6.99. The van der Waals surface area contributed by atoms with Gasteiger partial charge in [-0.05, 0) is 40.7 Å².